The summed E-state index contributed by atoms with van der Waals surface area (Å²) in [6.45, 7) is 6.54. The van der Waals surface area contributed by atoms with Gasteiger partial charge >= 0.3 is 0 Å². The zero-order valence-electron chi connectivity index (χ0n) is 14.1. The van der Waals surface area contributed by atoms with Crippen molar-refractivity contribution in [1.29, 1.82) is 5.26 Å². The summed E-state index contributed by atoms with van der Waals surface area (Å²) >= 11 is 0. The Morgan fingerprint density at radius 2 is 2.19 bits per heavy atom. The average Bonchev–Trinajstić information content (AvgIpc) is 3.05. The molecule has 0 spiro atoms. The molecule has 1 saturated carbocycles. The number of nitriles is 1. The SMILES string of the molecule is CCNC1(C#N)CCCC1CCN(C)CC1CCCN1C. The zero-order chi connectivity index (χ0) is 15.3. The van der Waals surface area contributed by atoms with E-state index in [1.54, 1.807) is 0 Å². The van der Waals surface area contributed by atoms with Gasteiger partial charge in [0.25, 0.3) is 0 Å². The topological polar surface area (TPSA) is 42.3 Å². The number of likely N-dealkylation sites (tertiary alicyclic amines) is 1. The molecule has 1 saturated heterocycles. The van der Waals surface area contributed by atoms with E-state index in [0.717, 1.165) is 32.0 Å². The van der Waals surface area contributed by atoms with Gasteiger partial charge in [0.2, 0.25) is 0 Å². The van der Waals surface area contributed by atoms with Crippen LogP contribution in [0.1, 0.15) is 45.4 Å². The molecule has 2 aliphatic rings. The van der Waals surface area contributed by atoms with E-state index < -0.39 is 0 Å². The molecule has 21 heavy (non-hydrogen) atoms. The Balaban J connectivity index is 1.80. The van der Waals surface area contributed by atoms with Crippen LogP contribution >= 0.6 is 0 Å². The number of rotatable bonds is 7. The van der Waals surface area contributed by atoms with Crippen molar-refractivity contribution in [2.24, 2.45) is 5.92 Å². The quantitative estimate of drug-likeness (QED) is 0.780. The predicted molar refractivity (Wildman–Crippen MR) is 87.1 cm³/mol. The number of nitrogens with zero attached hydrogens (tertiary/aromatic N) is 3. The van der Waals surface area contributed by atoms with E-state index >= 15 is 0 Å². The van der Waals surface area contributed by atoms with E-state index in [2.05, 4.69) is 42.2 Å². The van der Waals surface area contributed by atoms with Gasteiger partial charge in [0.15, 0.2) is 0 Å². The Morgan fingerprint density at radius 1 is 1.38 bits per heavy atom. The Labute approximate surface area is 130 Å². The van der Waals surface area contributed by atoms with Crippen LogP contribution in [-0.4, -0.2) is 61.7 Å². The molecule has 120 valence electrons. The molecule has 1 aliphatic carbocycles. The maximum Gasteiger partial charge on any atom is 0.109 e. The van der Waals surface area contributed by atoms with Crippen molar-refractivity contribution >= 4 is 0 Å². The Kier molecular flexibility index (Phi) is 6.04. The van der Waals surface area contributed by atoms with Crippen molar-refractivity contribution in [1.82, 2.24) is 15.1 Å². The van der Waals surface area contributed by atoms with E-state index in [-0.39, 0.29) is 5.54 Å². The van der Waals surface area contributed by atoms with Crippen LogP contribution in [0.25, 0.3) is 0 Å². The highest BCUT2D eigenvalue weighted by Crippen LogP contribution is 2.37. The average molecular weight is 292 g/mol. The molecule has 2 rings (SSSR count). The predicted octanol–water partition coefficient (Wildman–Crippen LogP) is 2.07. The summed E-state index contributed by atoms with van der Waals surface area (Å²) < 4.78 is 0. The second kappa shape index (κ2) is 7.58. The minimum atomic E-state index is -0.250. The van der Waals surface area contributed by atoms with Crippen LogP contribution in [-0.2, 0) is 0 Å². The van der Waals surface area contributed by atoms with Crippen LogP contribution in [0.4, 0.5) is 0 Å². The van der Waals surface area contributed by atoms with Crippen molar-refractivity contribution in [2.45, 2.75) is 57.0 Å². The molecule has 4 nitrogen and oxygen atoms in total. The number of likely N-dealkylation sites (N-methyl/N-ethyl adjacent to an activating group) is 2. The number of hydrogen-bond donors (Lipinski definition) is 1. The molecule has 2 fully saturated rings. The summed E-state index contributed by atoms with van der Waals surface area (Å²) in [5, 5.41) is 13.1. The molecule has 3 unspecified atom stereocenters. The maximum atomic E-state index is 9.62. The smallest absolute Gasteiger partial charge is 0.109 e. The van der Waals surface area contributed by atoms with Crippen molar-refractivity contribution in [3.05, 3.63) is 0 Å². The van der Waals surface area contributed by atoms with Gasteiger partial charge in [-0.15, -0.1) is 0 Å². The van der Waals surface area contributed by atoms with Gasteiger partial charge < -0.3 is 9.80 Å². The van der Waals surface area contributed by atoms with Gasteiger partial charge in [0.05, 0.1) is 6.07 Å². The van der Waals surface area contributed by atoms with Gasteiger partial charge in [-0.25, -0.2) is 0 Å². The molecule has 0 aromatic heterocycles. The van der Waals surface area contributed by atoms with Crippen LogP contribution < -0.4 is 5.32 Å². The zero-order valence-corrected chi connectivity index (χ0v) is 14.1. The molecule has 4 heteroatoms. The van der Waals surface area contributed by atoms with Gasteiger partial charge in [0.1, 0.15) is 5.54 Å². The van der Waals surface area contributed by atoms with Gasteiger partial charge in [0, 0.05) is 12.6 Å². The normalized spacial score (nSPS) is 33.7. The third-order valence-electron chi connectivity index (χ3n) is 5.57. The lowest BCUT2D eigenvalue weighted by atomic mass is 9.85. The third kappa shape index (κ3) is 3.97. The molecule has 0 bridgehead atoms. The molecule has 0 amide bonds. The number of hydrogen-bond acceptors (Lipinski definition) is 4. The minimum Gasteiger partial charge on any atom is -0.305 e. The number of nitrogens with one attached hydrogen (secondary N) is 1. The summed E-state index contributed by atoms with van der Waals surface area (Å²) in [6.07, 6.45) is 7.25. The summed E-state index contributed by atoms with van der Waals surface area (Å²) in [5.41, 5.74) is -0.250. The summed E-state index contributed by atoms with van der Waals surface area (Å²) in [4.78, 5) is 4.96. The van der Waals surface area contributed by atoms with Crippen molar-refractivity contribution in [3.8, 4) is 6.07 Å². The fourth-order valence-electron chi connectivity index (χ4n) is 4.24. The van der Waals surface area contributed by atoms with E-state index in [1.165, 1.54) is 38.8 Å². The molecule has 1 N–H and O–H groups in total. The summed E-state index contributed by atoms with van der Waals surface area (Å²) in [5.74, 6) is 0.520. The van der Waals surface area contributed by atoms with Crippen LogP contribution in [0.2, 0.25) is 0 Å². The first-order valence-electron chi connectivity index (χ1n) is 8.66. The Hall–Kier alpha value is -0.630. The molecule has 3 atom stereocenters. The highest BCUT2D eigenvalue weighted by Gasteiger charge is 2.42. The highest BCUT2D eigenvalue weighted by atomic mass is 15.2. The Morgan fingerprint density at radius 3 is 2.81 bits per heavy atom. The van der Waals surface area contributed by atoms with Crippen molar-refractivity contribution in [2.75, 3.05) is 40.3 Å². The first-order valence-corrected chi connectivity index (χ1v) is 8.66. The van der Waals surface area contributed by atoms with Gasteiger partial charge in [-0.05, 0) is 71.8 Å². The van der Waals surface area contributed by atoms with E-state index in [1.807, 2.05) is 0 Å². The van der Waals surface area contributed by atoms with E-state index in [9.17, 15) is 5.26 Å². The van der Waals surface area contributed by atoms with Gasteiger partial charge in [-0.1, -0.05) is 13.3 Å². The van der Waals surface area contributed by atoms with Crippen LogP contribution in [0.3, 0.4) is 0 Å². The minimum absolute atomic E-state index is 0.250. The molecular weight excluding hydrogens is 260 g/mol. The van der Waals surface area contributed by atoms with Crippen LogP contribution in [0.15, 0.2) is 0 Å². The second-order valence-corrected chi connectivity index (χ2v) is 7.03. The van der Waals surface area contributed by atoms with Crippen LogP contribution in [0.5, 0.6) is 0 Å². The third-order valence-corrected chi connectivity index (χ3v) is 5.57. The molecule has 0 aromatic carbocycles. The van der Waals surface area contributed by atoms with E-state index in [0.29, 0.717) is 5.92 Å². The lowest BCUT2D eigenvalue weighted by Gasteiger charge is -2.32. The highest BCUT2D eigenvalue weighted by molar-refractivity contribution is 5.14. The Bertz CT molecular complexity index is 364. The molecule has 0 radical (unpaired) electrons. The largest absolute Gasteiger partial charge is 0.305 e. The summed E-state index contributed by atoms with van der Waals surface area (Å²) in [6, 6.07) is 3.32. The lowest BCUT2D eigenvalue weighted by Crippen LogP contribution is -2.48. The first-order chi connectivity index (χ1) is 10.1. The fourth-order valence-corrected chi connectivity index (χ4v) is 4.24. The van der Waals surface area contributed by atoms with Gasteiger partial charge in [-0.3, -0.25) is 5.32 Å². The first kappa shape index (κ1) is 16.7. The molecule has 1 heterocycles. The monoisotopic (exact) mass is 292 g/mol. The summed E-state index contributed by atoms with van der Waals surface area (Å²) in [7, 11) is 4.48. The standard InChI is InChI=1S/C17H32N4/c1-4-19-17(14-18)10-5-7-15(17)9-12-20(2)13-16-8-6-11-21(16)3/h15-16,19H,4-13H2,1-3H3. The van der Waals surface area contributed by atoms with Crippen LogP contribution in [0, 0.1) is 17.2 Å². The van der Waals surface area contributed by atoms with Crippen molar-refractivity contribution < 1.29 is 0 Å². The molecule has 1 aliphatic heterocycles. The second-order valence-electron chi connectivity index (χ2n) is 7.03. The lowest BCUT2D eigenvalue weighted by molar-refractivity contribution is 0.199. The fraction of sp³-hybridized carbons (Fsp3) is 0.941. The molecular formula is C17H32N4. The molecule has 0 aromatic rings. The van der Waals surface area contributed by atoms with Crippen molar-refractivity contribution in [3.63, 3.8) is 0 Å². The van der Waals surface area contributed by atoms with E-state index in [4.69, 9.17) is 0 Å². The van der Waals surface area contributed by atoms with Gasteiger partial charge in [-0.2, -0.15) is 5.26 Å². The maximum absolute atomic E-state index is 9.62.